The van der Waals surface area contributed by atoms with Crippen LogP contribution in [0.5, 0.6) is 0 Å². The number of rotatable bonds is 7. The predicted molar refractivity (Wildman–Crippen MR) is 125 cm³/mol. The molecule has 0 aliphatic carbocycles. The molecule has 3 rings (SSSR count). The number of hydrogen-bond acceptors (Lipinski definition) is 5. The van der Waals surface area contributed by atoms with Gasteiger partial charge < -0.3 is 0 Å². The van der Waals surface area contributed by atoms with E-state index < -0.39 is 10.1 Å². The van der Waals surface area contributed by atoms with Crippen molar-refractivity contribution in [2.45, 2.75) is 38.0 Å². The third-order valence-corrected chi connectivity index (χ3v) is 6.89. The van der Waals surface area contributed by atoms with Gasteiger partial charge in [-0.15, -0.1) is 0 Å². The third-order valence-electron chi connectivity index (χ3n) is 5.56. The molecule has 0 N–H and O–H groups in total. The van der Waals surface area contributed by atoms with Gasteiger partial charge in [-0.1, -0.05) is 55.0 Å². The van der Waals surface area contributed by atoms with E-state index in [2.05, 4.69) is 6.07 Å². The van der Waals surface area contributed by atoms with Gasteiger partial charge in [0.15, 0.2) is 0 Å². The quantitative estimate of drug-likeness (QED) is 0.336. The first-order valence-corrected chi connectivity index (χ1v) is 11.7. The van der Waals surface area contributed by atoms with E-state index in [-0.39, 0.29) is 23.0 Å². The Bertz CT molecular complexity index is 1340. The molecule has 0 aromatic heterocycles. The van der Waals surface area contributed by atoms with Crippen LogP contribution in [0.25, 0.3) is 16.3 Å². The maximum atomic E-state index is 12.3. The van der Waals surface area contributed by atoms with Gasteiger partial charge in [-0.3, -0.25) is 4.18 Å². The summed E-state index contributed by atoms with van der Waals surface area (Å²) in [6.45, 7) is 5.81. The highest BCUT2D eigenvalue weighted by atomic mass is 32.2. The van der Waals surface area contributed by atoms with Crippen molar-refractivity contribution in [3.63, 3.8) is 0 Å². The molecule has 1 atom stereocenters. The number of hydrogen-bond donors (Lipinski definition) is 0. The van der Waals surface area contributed by atoms with Gasteiger partial charge in [-0.05, 0) is 71.9 Å². The normalized spacial score (nSPS) is 12.0. The first-order valence-electron chi connectivity index (χ1n) is 10.3. The van der Waals surface area contributed by atoms with Crippen LogP contribution in [0, 0.1) is 29.6 Å². The molecule has 162 valence electrons. The van der Waals surface area contributed by atoms with E-state index in [0.717, 1.165) is 27.5 Å². The summed E-state index contributed by atoms with van der Waals surface area (Å²) in [4.78, 5) is 0.164. The van der Waals surface area contributed by atoms with Crippen molar-refractivity contribution in [2.24, 2.45) is 0 Å². The van der Waals surface area contributed by atoms with Gasteiger partial charge in [0.05, 0.1) is 11.5 Å². The maximum Gasteiger partial charge on any atom is 0.296 e. The summed E-state index contributed by atoms with van der Waals surface area (Å²) in [6, 6.07) is 22.4. The Hall–Kier alpha value is -3.45. The van der Waals surface area contributed by atoms with E-state index in [0.29, 0.717) is 12.0 Å². The Morgan fingerprint density at radius 2 is 1.59 bits per heavy atom. The summed E-state index contributed by atoms with van der Waals surface area (Å²) in [7, 11) is -3.76. The van der Waals surface area contributed by atoms with Gasteiger partial charge in [-0.25, -0.2) is 0 Å². The van der Waals surface area contributed by atoms with Crippen molar-refractivity contribution in [3.8, 4) is 12.1 Å². The topological polar surface area (TPSA) is 90.9 Å². The molecule has 3 aromatic carbocycles. The molecule has 0 amide bonds. The number of benzene rings is 3. The van der Waals surface area contributed by atoms with E-state index in [1.807, 2.05) is 56.3 Å². The zero-order valence-electron chi connectivity index (χ0n) is 18.3. The minimum absolute atomic E-state index is 0.101. The molecule has 1 unspecified atom stereocenters. The fourth-order valence-electron chi connectivity index (χ4n) is 3.42. The smallest absolute Gasteiger partial charge is 0.266 e. The summed E-state index contributed by atoms with van der Waals surface area (Å²) in [5.41, 5.74) is 3.67. The standard InChI is InChI=1S/C26H24N2O3S/c1-18-4-10-26(11-5-18)32(29,30)31-13-12-19(2)21-6-8-24-15-22(7-9-23(24)14-21)20(3)25(16-27)17-28/h4-11,14-15,19H,12-13H2,1-3H3. The lowest BCUT2D eigenvalue weighted by molar-refractivity contribution is 0.303. The van der Waals surface area contributed by atoms with Crippen LogP contribution in [0.4, 0.5) is 0 Å². The summed E-state index contributed by atoms with van der Waals surface area (Å²) >= 11 is 0. The second-order valence-electron chi connectivity index (χ2n) is 7.82. The van der Waals surface area contributed by atoms with Gasteiger partial charge in [-0.2, -0.15) is 18.9 Å². The number of nitrogens with zero attached hydrogens (tertiary/aromatic N) is 2. The van der Waals surface area contributed by atoms with Gasteiger partial charge in [0.25, 0.3) is 10.1 Å². The van der Waals surface area contributed by atoms with Crippen molar-refractivity contribution in [3.05, 3.63) is 82.9 Å². The van der Waals surface area contributed by atoms with Crippen molar-refractivity contribution in [1.82, 2.24) is 0 Å². The molecule has 32 heavy (non-hydrogen) atoms. The van der Waals surface area contributed by atoms with Crippen LogP contribution in [0.15, 0.2) is 71.1 Å². The third kappa shape index (κ3) is 5.23. The first kappa shape index (κ1) is 23.2. The van der Waals surface area contributed by atoms with Crippen molar-refractivity contribution in [2.75, 3.05) is 6.61 Å². The summed E-state index contributed by atoms with van der Waals surface area (Å²) in [5, 5.41) is 20.2. The van der Waals surface area contributed by atoms with Crippen LogP contribution in [-0.4, -0.2) is 15.0 Å². The van der Waals surface area contributed by atoms with E-state index in [1.54, 1.807) is 31.2 Å². The molecule has 5 nitrogen and oxygen atoms in total. The Kier molecular flexibility index (Phi) is 7.10. The lowest BCUT2D eigenvalue weighted by atomic mass is 9.93. The molecule has 0 saturated heterocycles. The van der Waals surface area contributed by atoms with E-state index in [1.165, 1.54) is 0 Å². The zero-order chi connectivity index (χ0) is 23.3. The average Bonchev–Trinajstić information content (AvgIpc) is 2.79. The highest BCUT2D eigenvalue weighted by Crippen LogP contribution is 2.27. The molecule has 0 radical (unpaired) electrons. The number of aryl methyl sites for hydroxylation is 1. The molecule has 0 fully saturated rings. The SMILES string of the molecule is CC(=C(C#N)C#N)c1ccc2cc(C(C)CCOS(=O)(=O)c3ccc(C)cc3)ccc2c1. The van der Waals surface area contributed by atoms with Crippen LogP contribution in [-0.2, 0) is 14.3 Å². The van der Waals surface area contributed by atoms with Crippen molar-refractivity contribution < 1.29 is 12.6 Å². The van der Waals surface area contributed by atoms with Crippen LogP contribution in [0.1, 0.15) is 42.9 Å². The largest absolute Gasteiger partial charge is 0.296 e. The molecule has 0 saturated carbocycles. The van der Waals surface area contributed by atoms with Gasteiger partial charge in [0, 0.05) is 0 Å². The molecular formula is C26H24N2O3S. The van der Waals surface area contributed by atoms with Gasteiger partial charge >= 0.3 is 0 Å². The molecule has 0 heterocycles. The van der Waals surface area contributed by atoms with E-state index in [4.69, 9.17) is 14.7 Å². The zero-order valence-corrected chi connectivity index (χ0v) is 19.1. The Morgan fingerprint density at radius 3 is 2.25 bits per heavy atom. The van der Waals surface area contributed by atoms with E-state index in [9.17, 15) is 8.42 Å². The summed E-state index contributed by atoms with van der Waals surface area (Å²) in [6.07, 6.45) is 0.560. The summed E-state index contributed by atoms with van der Waals surface area (Å²) in [5.74, 6) is 0.109. The highest BCUT2D eigenvalue weighted by molar-refractivity contribution is 7.86. The average molecular weight is 445 g/mol. The van der Waals surface area contributed by atoms with Gasteiger partial charge in [0.1, 0.15) is 17.7 Å². The highest BCUT2D eigenvalue weighted by Gasteiger charge is 2.16. The predicted octanol–water partition coefficient (Wildman–Crippen LogP) is 5.87. The minimum atomic E-state index is -3.76. The van der Waals surface area contributed by atoms with Crippen LogP contribution in [0.3, 0.4) is 0 Å². The molecule has 0 aliphatic rings. The number of fused-ring (bicyclic) bond motifs is 1. The van der Waals surface area contributed by atoms with Crippen molar-refractivity contribution >= 4 is 26.5 Å². The van der Waals surface area contributed by atoms with E-state index >= 15 is 0 Å². The lowest BCUT2D eigenvalue weighted by Gasteiger charge is -2.14. The molecule has 0 aliphatic heterocycles. The van der Waals surface area contributed by atoms with Crippen LogP contribution >= 0.6 is 0 Å². The fourth-order valence-corrected chi connectivity index (χ4v) is 4.34. The molecule has 0 bridgehead atoms. The first-order chi connectivity index (χ1) is 15.2. The molecular weight excluding hydrogens is 420 g/mol. The van der Waals surface area contributed by atoms with Crippen LogP contribution in [0.2, 0.25) is 0 Å². The Morgan fingerprint density at radius 1 is 0.969 bits per heavy atom. The number of nitriles is 2. The Labute approximate surface area is 189 Å². The lowest BCUT2D eigenvalue weighted by Crippen LogP contribution is -2.09. The second kappa shape index (κ2) is 9.78. The van der Waals surface area contributed by atoms with Crippen LogP contribution < -0.4 is 0 Å². The maximum absolute atomic E-state index is 12.3. The fraction of sp³-hybridized carbons (Fsp3) is 0.231. The number of allylic oxidation sites excluding steroid dienone is 2. The molecule has 6 heteroatoms. The van der Waals surface area contributed by atoms with Crippen molar-refractivity contribution in [1.29, 1.82) is 10.5 Å². The monoisotopic (exact) mass is 444 g/mol. The second-order valence-corrected chi connectivity index (χ2v) is 9.44. The minimum Gasteiger partial charge on any atom is -0.266 e. The summed E-state index contributed by atoms with van der Waals surface area (Å²) < 4.78 is 29.9. The van der Waals surface area contributed by atoms with Gasteiger partial charge in [0.2, 0.25) is 0 Å². The molecule has 3 aromatic rings. The molecule has 0 spiro atoms. The Balaban J connectivity index is 1.71.